The number of aromatic nitrogens is 2. The van der Waals surface area contributed by atoms with Gasteiger partial charge in [0.1, 0.15) is 0 Å². The molecule has 1 saturated heterocycles. The van der Waals surface area contributed by atoms with Gasteiger partial charge in [0.25, 0.3) is 11.5 Å². The minimum Gasteiger partial charge on any atom is -0.451 e. The molecule has 0 unspecified atom stereocenters. The van der Waals surface area contributed by atoms with Gasteiger partial charge in [0, 0.05) is 24.9 Å². The van der Waals surface area contributed by atoms with Crippen molar-refractivity contribution in [3.63, 3.8) is 0 Å². The number of aryl methyl sites for hydroxylation is 1. The van der Waals surface area contributed by atoms with E-state index in [1.165, 1.54) is 4.68 Å². The van der Waals surface area contributed by atoms with Crippen LogP contribution in [0, 0.1) is 0 Å². The highest BCUT2D eigenvalue weighted by Gasteiger charge is 2.27. The highest BCUT2D eigenvalue weighted by molar-refractivity contribution is 6.03. The van der Waals surface area contributed by atoms with Gasteiger partial charge in [-0.25, -0.2) is 9.48 Å². The maximum absolute atomic E-state index is 12.5. The summed E-state index contributed by atoms with van der Waals surface area (Å²) >= 11 is 0. The van der Waals surface area contributed by atoms with Crippen molar-refractivity contribution in [2.45, 2.75) is 39.2 Å². The van der Waals surface area contributed by atoms with Crippen LogP contribution in [0.5, 0.6) is 0 Å². The van der Waals surface area contributed by atoms with E-state index >= 15 is 0 Å². The number of unbranched alkanes of at least 4 members (excludes halogenated alkanes) is 1. The van der Waals surface area contributed by atoms with E-state index in [2.05, 4.69) is 5.10 Å². The van der Waals surface area contributed by atoms with E-state index in [4.69, 9.17) is 4.74 Å². The van der Waals surface area contributed by atoms with Crippen LogP contribution >= 0.6 is 0 Å². The zero-order chi connectivity index (χ0) is 19.4. The fourth-order valence-electron chi connectivity index (χ4n) is 3.03. The summed E-state index contributed by atoms with van der Waals surface area (Å²) in [6.07, 6.45) is 2.57. The molecule has 0 radical (unpaired) electrons. The number of hydrogen-bond acceptors (Lipinski definition) is 6. The number of benzene rings is 1. The van der Waals surface area contributed by atoms with Gasteiger partial charge < -0.3 is 4.74 Å². The number of ether oxygens (including phenoxy) is 1. The lowest BCUT2D eigenvalue weighted by atomic mass is 10.1. The Kier molecular flexibility index (Phi) is 5.63. The van der Waals surface area contributed by atoms with E-state index in [0.29, 0.717) is 36.7 Å². The predicted octanol–water partition coefficient (Wildman–Crippen LogP) is 1.50. The Morgan fingerprint density at radius 3 is 2.59 bits per heavy atom. The van der Waals surface area contributed by atoms with E-state index in [9.17, 15) is 19.2 Å². The van der Waals surface area contributed by atoms with Crippen LogP contribution in [-0.4, -0.2) is 45.6 Å². The molecular weight excluding hydrogens is 350 g/mol. The van der Waals surface area contributed by atoms with Crippen molar-refractivity contribution >= 4 is 28.6 Å². The highest BCUT2D eigenvalue weighted by atomic mass is 16.5. The first-order chi connectivity index (χ1) is 13.0. The Bertz CT molecular complexity index is 950. The molecule has 8 heteroatoms. The molecule has 1 aliphatic heterocycles. The zero-order valence-electron chi connectivity index (χ0n) is 15.1. The third-order valence-corrected chi connectivity index (χ3v) is 4.49. The lowest BCUT2D eigenvalue weighted by Crippen LogP contribution is -2.35. The molecule has 0 atom stereocenters. The van der Waals surface area contributed by atoms with Crippen molar-refractivity contribution < 1.29 is 19.1 Å². The smallest absolute Gasteiger partial charge is 0.359 e. The third kappa shape index (κ3) is 3.89. The molecule has 3 rings (SSSR count). The standard InChI is InChI=1S/C19H21N3O5/c1-2-3-11-22-18(25)14-8-5-4-7-13(14)17(20-22)19(26)27-12-16(24)21-10-6-9-15(21)23/h4-5,7-8H,2-3,6,9-12H2,1H3. The molecule has 1 fully saturated rings. The van der Waals surface area contributed by atoms with Crippen LogP contribution in [0.3, 0.4) is 0 Å². The molecule has 27 heavy (non-hydrogen) atoms. The largest absolute Gasteiger partial charge is 0.451 e. The molecule has 1 aromatic carbocycles. The monoisotopic (exact) mass is 371 g/mol. The second kappa shape index (κ2) is 8.11. The van der Waals surface area contributed by atoms with E-state index < -0.39 is 18.5 Å². The molecule has 8 nitrogen and oxygen atoms in total. The van der Waals surface area contributed by atoms with Crippen molar-refractivity contribution in [2.24, 2.45) is 0 Å². The number of likely N-dealkylation sites (tertiary alicyclic amines) is 1. The minimum absolute atomic E-state index is 0.0122. The minimum atomic E-state index is -0.795. The van der Waals surface area contributed by atoms with Crippen molar-refractivity contribution in [1.82, 2.24) is 14.7 Å². The van der Waals surface area contributed by atoms with Gasteiger partial charge in [-0.2, -0.15) is 5.10 Å². The Morgan fingerprint density at radius 1 is 1.19 bits per heavy atom. The number of amides is 2. The average Bonchev–Trinajstić information content (AvgIpc) is 3.11. The van der Waals surface area contributed by atoms with Crippen molar-refractivity contribution in [3.05, 3.63) is 40.3 Å². The van der Waals surface area contributed by atoms with Crippen LogP contribution in [-0.2, 0) is 20.9 Å². The highest BCUT2D eigenvalue weighted by Crippen LogP contribution is 2.15. The summed E-state index contributed by atoms with van der Waals surface area (Å²) in [6.45, 7) is 2.20. The number of hydrogen-bond donors (Lipinski definition) is 0. The first-order valence-corrected chi connectivity index (χ1v) is 9.03. The number of imide groups is 1. The van der Waals surface area contributed by atoms with Gasteiger partial charge >= 0.3 is 5.97 Å². The van der Waals surface area contributed by atoms with Crippen LogP contribution in [0.2, 0.25) is 0 Å². The van der Waals surface area contributed by atoms with Crippen LogP contribution < -0.4 is 5.56 Å². The number of rotatable bonds is 6. The lowest BCUT2D eigenvalue weighted by Gasteiger charge is -2.14. The summed E-state index contributed by atoms with van der Waals surface area (Å²) in [5.74, 6) is -1.60. The van der Waals surface area contributed by atoms with Gasteiger partial charge in [-0.3, -0.25) is 19.3 Å². The molecule has 2 amide bonds. The normalized spacial score (nSPS) is 14.0. The summed E-state index contributed by atoms with van der Waals surface area (Å²) in [5, 5.41) is 4.92. The summed E-state index contributed by atoms with van der Waals surface area (Å²) in [7, 11) is 0. The predicted molar refractivity (Wildman–Crippen MR) is 97.1 cm³/mol. The molecule has 142 valence electrons. The zero-order valence-corrected chi connectivity index (χ0v) is 15.1. The maximum atomic E-state index is 12.5. The molecule has 0 aliphatic carbocycles. The van der Waals surface area contributed by atoms with E-state index in [1.54, 1.807) is 24.3 Å². The fourth-order valence-corrected chi connectivity index (χ4v) is 3.03. The Hall–Kier alpha value is -3.03. The first-order valence-electron chi connectivity index (χ1n) is 9.03. The number of carbonyl (C=O) groups excluding carboxylic acids is 3. The van der Waals surface area contributed by atoms with Crippen LogP contribution in [0.1, 0.15) is 43.1 Å². The maximum Gasteiger partial charge on any atom is 0.359 e. The SMILES string of the molecule is CCCCn1nc(C(=O)OCC(=O)N2CCCC2=O)c2ccccc2c1=O. The number of fused-ring (bicyclic) bond motifs is 1. The van der Waals surface area contributed by atoms with Gasteiger partial charge in [-0.1, -0.05) is 31.5 Å². The lowest BCUT2D eigenvalue weighted by molar-refractivity contribution is -0.143. The molecule has 0 saturated carbocycles. The number of nitrogens with zero attached hydrogens (tertiary/aromatic N) is 3. The quantitative estimate of drug-likeness (QED) is 0.714. The van der Waals surface area contributed by atoms with Crippen molar-refractivity contribution in [2.75, 3.05) is 13.2 Å². The van der Waals surface area contributed by atoms with Crippen molar-refractivity contribution in [3.8, 4) is 0 Å². The van der Waals surface area contributed by atoms with Gasteiger partial charge in [0.15, 0.2) is 12.3 Å². The summed E-state index contributed by atoms with van der Waals surface area (Å²) in [4.78, 5) is 49.8. The van der Waals surface area contributed by atoms with E-state index in [-0.39, 0.29) is 17.2 Å². The van der Waals surface area contributed by atoms with Gasteiger partial charge in [-0.05, 0) is 18.9 Å². The van der Waals surface area contributed by atoms with E-state index in [0.717, 1.165) is 17.7 Å². The van der Waals surface area contributed by atoms with Gasteiger partial charge in [0.05, 0.1) is 5.39 Å². The summed E-state index contributed by atoms with van der Waals surface area (Å²) in [5.41, 5.74) is -0.281. The Balaban J connectivity index is 1.85. The molecule has 0 N–H and O–H groups in total. The van der Waals surface area contributed by atoms with E-state index in [1.807, 2.05) is 6.92 Å². The topological polar surface area (TPSA) is 98.6 Å². The van der Waals surface area contributed by atoms with Crippen LogP contribution in [0.15, 0.2) is 29.1 Å². The molecule has 1 aliphatic rings. The molecule has 2 heterocycles. The fraction of sp³-hybridized carbons (Fsp3) is 0.421. The molecule has 0 bridgehead atoms. The third-order valence-electron chi connectivity index (χ3n) is 4.49. The number of carbonyl (C=O) groups is 3. The van der Waals surface area contributed by atoms with Crippen molar-refractivity contribution in [1.29, 1.82) is 0 Å². The van der Waals surface area contributed by atoms with Gasteiger partial charge in [0.2, 0.25) is 5.91 Å². The van der Waals surface area contributed by atoms with Crippen LogP contribution in [0.25, 0.3) is 10.8 Å². The molecular formula is C19H21N3O5. The Labute approximate surface area is 155 Å². The average molecular weight is 371 g/mol. The second-order valence-electron chi connectivity index (χ2n) is 6.39. The first kappa shape index (κ1) is 18.8. The second-order valence-corrected chi connectivity index (χ2v) is 6.39. The summed E-state index contributed by atoms with van der Waals surface area (Å²) < 4.78 is 6.36. The molecule has 1 aromatic heterocycles. The molecule has 2 aromatic rings. The van der Waals surface area contributed by atoms with Crippen LogP contribution in [0.4, 0.5) is 0 Å². The molecule has 0 spiro atoms. The Morgan fingerprint density at radius 2 is 1.93 bits per heavy atom. The van der Waals surface area contributed by atoms with Gasteiger partial charge in [-0.15, -0.1) is 0 Å². The number of esters is 1. The summed E-state index contributed by atoms with van der Waals surface area (Å²) in [6, 6.07) is 6.67.